The summed E-state index contributed by atoms with van der Waals surface area (Å²) in [6.07, 6.45) is 0.108. The van der Waals surface area contributed by atoms with Crippen LogP contribution in [0.2, 0.25) is 0 Å². The maximum absolute atomic E-state index is 13.7. The zero-order chi connectivity index (χ0) is 23.4. The number of hydrogen-bond donors (Lipinski definition) is 2. The molecular weight excluding hydrogens is 473 g/mol. The molecule has 0 bridgehead atoms. The van der Waals surface area contributed by atoms with Gasteiger partial charge >= 0.3 is 6.18 Å². The highest BCUT2D eigenvalue weighted by Gasteiger charge is 2.36. The van der Waals surface area contributed by atoms with Gasteiger partial charge in [-0.15, -0.1) is 11.3 Å². The number of hydrogen-bond acceptors (Lipinski definition) is 7. The number of nitrogens with one attached hydrogen (secondary N) is 2. The fourth-order valence-corrected chi connectivity index (χ4v) is 6.01. The minimum absolute atomic E-state index is 0.0388. The molecule has 0 spiro atoms. The van der Waals surface area contributed by atoms with E-state index in [9.17, 15) is 21.6 Å². The highest BCUT2D eigenvalue weighted by Crippen LogP contribution is 2.45. The number of rotatable bonds is 5. The number of aromatic nitrogens is 2. The second-order valence-corrected chi connectivity index (χ2v) is 11.3. The molecule has 2 aromatic heterocycles. The van der Waals surface area contributed by atoms with Gasteiger partial charge < -0.3 is 10.6 Å². The van der Waals surface area contributed by atoms with Crippen LogP contribution in [0.1, 0.15) is 41.0 Å². The van der Waals surface area contributed by atoms with Crippen LogP contribution in [0, 0.1) is 0 Å². The topological polar surface area (TPSA) is 84.0 Å². The van der Waals surface area contributed by atoms with Crippen molar-refractivity contribution in [2.45, 2.75) is 42.8 Å². The summed E-state index contributed by atoms with van der Waals surface area (Å²) in [6, 6.07) is 5.45. The van der Waals surface area contributed by atoms with Gasteiger partial charge in [0, 0.05) is 30.1 Å². The Bertz CT molecular complexity index is 1330. The number of sulfone groups is 1. The smallest absolute Gasteiger partial charge is 0.324 e. The van der Waals surface area contributed by atoms with Gasteiger partial charge in [0.2, 0.25) is 5.95 Å². The monoisotopic (exact) mass is 494 g/mol. The molecule has 1 fully saturated rings. The lowest BCUT2D eigenvalue weighted by atomic mass is 9.95. The number of nitrogens with zero attached hydrogens (tertiary/aromatic N) is 2. The zero-order valence-corrected chi connectivity index (χ0v) is 19.3. The first-order valence-electron chi connectivity index (χ1n) is 10.5. The molecule has 11 heteroatoms. The van der Waals surface area contributed by atoms with E-state index in [1.54, 1.807) is 0 Å². The molecule has 0 atom stereocenters. The summed E-state index contributed by atoms with van der Waals surface area (Å²) in [4.78, 5) is 8.22. The lowest BCUT2D eigenvalue weighted by Crippen LogP contribution is -2.24. The summed E-state index contributed by atoms with van der Waals surface area (Å²) in [5.41, 5.74) is 3.03. The number of anilines is 2. The number of halogens is 3. The van der Waals surface area contributed by atoms with E-state index in [-0.39, 0.29) is 21.4 Å². The molecular formula is C22H21F3N4O2S2. The lowest BCUT2D eigenvalue weighted by Gasteiger charge is -2.21. The van der Waals surface area contributed by atoms with E-state index in [1.807, 2.05) is 0 Å². The van der Waals surface area contributed by atoms with Gasteiger partial charge in [0.05, 0.1) is 15.5 Å². The first-order valence-corrected chi connectivity index (χ1v) is 13.2. The fourth-order valence-electron chi connectivity index (χ4n) is 3.99. The van der Waals surface area contributed by atoms with E-state index in [0.29, 0.717) is 5.92 Å². The average Bonchev–Trinajstić information content (AvgIpc) is 3.46. The highest BCUT2D eigenvalue weighted by atomic mass is 32.2. The molecule has 2 N–H and O–H groups in total. The molecule has 1 aliphatic carbocycles. The van der Waals surface area contributed by atoms with E-state index in [2.05, 4.69) is 32.7 Å². The molecule has 0 saturated heterocycles. The van der Waals surface area contributed by atoms with E-state index in [1.165, 1.54) is 22.6 Å². The van der Waals surface area contributed by atoms with Crippen molar-refractivity contribution >= 4 is 32.8 Å². The quantitative estimate of drug-likeness (QED) is 0.525. The van der Waals surface area contributed by atoms with Crippen LogP contribution in [0.25, 0.3) is 10.6 Å². The van der Waals surface area contributed by atoms with Crippen molar-refractivity contribution in [2.75, 3.05) is 18.1 Å². The van der Waals surface area contributed by atoms with Crippen LogP contribution in [0.5, 0.6) is 0 Å². The molecule has 5 rings (SSSR count). The molecule has 2 aliphatic rings. The molecule has 6 nitrogen and oxygen atoms in total. The van der Waals surface area contributed by atoms with Crippen molar-refractivity contribution in [1.29, 1.82) is 0 Å². The van der Waals surface area contributed by atoms with Gasteiger partial charge in [0.1, 0.15) is 5.56 Å². The molecule has 1 aliphatic heterocycles. The van der Waals surface area contributed by atoms with Crippen molar-refractivity contribution in [3.05, 3.63) is 52.0 Å². The maximum atomic E-state index is 13.7. The second kappa shape index (κ2) is 8.07. The minimum Gasteiger partial charge on any atom is -0.324 e. The first-order chi connectivity index (χ1) is 15.6. The van der Waals surface area contributed by atoms with Crippen LogP contribution < -0.4 is 10.6 Å². The fraction of sp³-hybridized carbons (Fsp3) is 0.364. The SMILES string of the molecule is CS(=O)(=O)c1csc(-c2nc(Nc3cc4c(cc3C3CC3)CNCC4)ncc2C(F)(F)F)c1. The summed E-state index contributed by atoms with van der Waals surface area (Å²) in [6.45, 7) is 1.68. The van der Waals surface area contributed by atoms with Crippen molar-refractivity contribution in [1.82, 2.24) is 15.3 Å². The summed E-state index contributed by atoms with van der Waals surface area (Å²) >= 11 is 0.907. The van der Waals surface area contributed by atoms with E-state index < -0.39 is 21.6 Å². The van der Waals surface area contributed by atoms with Gasteiger partial charge in [-0.05, 0) is 60.5 Å². The predicted molar refractivity (Wildman–Crippen MR) is 121 cm³/mol. The van der Waals surface area contributed by atoms with Crippen LogP contribution in [-0.2, 0) is 29.0 Å². The van der Waals surface area contributed by atoms with Crippen LogP contribution in [0.15, 0.2) is 34.7 Å². The van der Waals surface area contributed by atoms with Crippen molar-refractivity contribution in [2.24, 2.45) is 0 Å². The average molecular weight is 495 g/mol. The Balaban J connectivity index is 1.56. The lowest BCUT2D eigenvalue weighted by molar-refractivity contribution is -0.137. The Labute approximate surface area is 193 Å². The summed E-state index contributed by atoms with van der Waals surface area (Å²) in [5, 5.41) is 7.83. The first kappa shape index (κ1) is 22.3. The summed E-state index contributed by atoms with van der Waals surface area (Å²) in [7, 11) is -3.55. The molecule has 3 heterocycles. The normalized spacial score (nSPS) is 16.5. The predicted octanol–water partition coefficient (Wildman–Crippen LogP) is 4.89. The van der Waals surface area contributed by atoms with E-state index in [0.717, 1.165) is 67.4 Å². The number of benzene rings is 1. The number of fused-ring (bicyclic) bond motifs is 1. The Hall–Kier alpha value is -2.50. The third-order valence-electron chi connectivity index (χ3n) is 5.85. The van der Waals surface area contributed by atoms with Crippen LogP contribution in [-0.4, -0.2) is 31.2 Å². The molecule has 33 heavy (non-hydrogen) atoms. The summed E-state index contributed by atoms with van der Waals surface area (Å²) in [5.74, 6) is 0.464. The van der Waals surface area contributed by atoms with Gasteiger partial charge in [-0.3, -0.25) is 0 Å². The standard InChI is InChI=1S/C22H21F3N4O2S2/c1-33(30,31)15-8-19(32-11-15)20-17(22(23,24)25)10-27-21(29-20)28-18-7-13-4-5-26-9-14(13)6-16(18)12-2-3-12/h6-8,10-12,26H,2-5,9H2,1H3,(H,27,28,29). The number of alkyl halides is 3. The Morgan fingerprint density at radius 3 is 2.64 bits per heavy atom. The largest absolute Gasteiger partial charge is 0.420 e. The van der Waals surface area contributed by atoms with Gasteiger partial charge in [-0.2, -0.15) is 13.2 Å². The Kier molecular flexibility index (Phi) is 5.45. The maximum Gasteiger partial charge on any atom is 0.420 e. The molecule has 0 radical (unpaired) electrons. The van der Waals surface area contributed by atoms with E-state index in [4.69, 9.17) is 0 Å². The van der Waals surface area contributed by atoms with E-state index >= 15 is 0 Å². The molecule has 0 unspecified atom stereocenters. The van der Waals surface area contributed by atoms with Gasteiger partial charge in [-0.1, -0.05) is 6.07 Å². The summed E-state index contributed by atoms with van der Waals surface area (Å²) < 4.78 is 64.7. The molecule has 174 valence electrons. The Morgan fingerprint density at radius 1 is 1.18 bits per heavy atom. The molecule has 1 aromatic carbocycles. The molecule has 1 saturated carbocycles. The third-order valence-corrected chi connectivity index (χ3v) is 8.03. The minimum atomic E-state index is -4.68. The van der Waals surface area contributed by atoms with Crippen LogP contribution >= 0.6 is 11.3 Å². The second-order valence-electron chi connectivity index (χ2n) is 8.41. The van der Waals surface area contributed by atoms with Crippen LogP contribution in [0.4, 0.5) is 24.8 Å². The van der Waals surface area contributed by atoms with Crippen LogP contribution in [0.3, 0.4) is 0 Å². The van der Waals surface area contributed by atoms with Gasteiger partial charge in [-0.25, -0.2) is 18.4 Å². The zero-order valence-electron chi connectivity index (χ0n) is 17.7. The van der Waals surface area contributed by atoms with Crippen molar-refractivity contribution in [3.63, 3.8) is 0 Å². The van der Waals surface area contributed by atoms with Gasteiger partial charge in [0.15, 0.2) is 9.84 Å². The third kappa shape index (κ3) is 4.62. The van der Waals surface area contributed by atoms with Gasteiger partial charge in [0.25, 0.3) is 0 Å². The van der Waals surface area contributed by atoms with Crippen molar-refractivity contribution < 1.29 is 21.6 Å². The molecule has 3 aromatic rings. The molecule has 0 amide bonds. The highest BCUT2D eigenvalue weighted by molar-refractivity contribution is 7.90. The Morgan fingerprint density at radius 2 is 1.97 bits per heavy atom. The number of thiophene rings is 1. The van der Waals surface area contributed by atoms with Crippen molar-refractivity contribution in [3.8, 4) is 10.6 Å².